The Kier molecular flexibility index (Phi) is 5.37. The molecule has 0 amide bonds. The van der Waals surface area contributed by atoms with Gasteiger partial charge in [0, 0.05) is 0 Å². The van der Waals surface area contributed by atoms with E-state index in [0.29, 0.717) is 12.3 Å². The number of hydrogen-bond donors (Lipinski definition) is 2. The second kappa shape index (κ2) is 5.77. The quantitative estimate of drug-likeness (QED) is 0.614. The van der Waals surface area contributed by atoms with Gasteiger partial charge in [-0.1, -0.05) is 19.1 Å². The van der Waals surface area contributed by atoms with E-state index in [1.807, 2.05) is 26.0 Å². The Balaban J connectivity index is 3.68. The lowest BCUT2D eigenvalue weighted by atomic mass is 9.99. The molecule has 0 saturated heterocycles. The number of hydrogen-bond acceptors (Lipinski definition) is 2. The van der Waals surface area contributed by atoms with Gasteiger partial charge in [0.25, 0.3) is 0 Å². The second-order valence-electron chi connectivity index (χ2n) is 3.09. The van der Waals surface area contributed by atoms with Crippen LogP contribution in [0.1, 0.15) is 26.7 Å². The van der Waals surface area contributed by atoms with E-state index in [4.69, 9.17) is 10.8 Å². The van der Waals surface area contributed by atoms with Crippen LogP contribution in [0.25, 0.3) is 0 Å². The van der Waals surface area contributed by atoms with Gasteiger partial charge in [0.05, 0.1) is 0 Å². The van der Waals surface area contributed by atoms with Crippen LogP contribution in [0.15, 0.2) is 12.2 Å². The average Bonchev–Trinajstić information content (AvgIpc) is 2.00. The third-order valence-corrected chi connectivity index (χ3v) is 1.75. The van der Waals surface area contributed by atoms with Crippen LogP contribution in [0, 0.1) is 5.92 Å². The van der Waals surface area contributed by atoms with E-state index >= 15 is 0 Å². The summed E-state index contributed by atoms with van der Waals surface area (Å²) in [5.74, 6) is -0.574. The molecule has 3 heteroatoms. The number of allylic oxidation sites excluding steroid dienone is 2. The summed E-state index contributed by atoms with van der Waals surface area (Å²) in [5, 5.41) is 8.51. The van der Waals surface area contributed by atoms with Crippen molar-refractivity contribution in [2.75, 3.05) is 0 Å². The van der Waals surface area contributed by atoms with E-state index in [1.54, 1.807) is 0 Å². The molecule has 3 N–H and O–H groups in total. The summed E-state index contributed by atoms with van der Waals surface area (Å²) < 4.78 is 0. The Morgan fingerprint density at radius 3 is 2.67 bits per heavy atom. The lowest BCUT2D eigenvalue weighted by Gasteiger charge is -2.11. The lowest BCUT2D eigenvalue weighted by Crippen LogP contribution is -2.31. The maximum atomic E-state index is 10.4. The molecule has 0 radical (unpaired) electrons. The van der Waals surface area contributed by atoms with Gasteiger partial charge >= 0.3 is 5.97 Å². The maximum absolute atomic E-state index is 10.4. The van der Waals surface area contributed by atoms with E-state index in [-0.39, 0.29) is 0 Å². The first kappa shape index (κ1) is 11.2. The fourth-order valence-corrected chi connectivity index (χ4v) is 0.999. The van der Waals surface area contributed by atoms with Gasteiger partial charge in [0.2, 0.25) is 0 Å². The van der Waals surface area contributed by atoms with Gasteiger partial charge in [-0.2, -0.15) is 0 Å². The molecule has 0 aliphatic heterocycles. The lowest BCUT2D eigenvalue weighted by molar-refractivity contribution is -0.138. The smallest absolute Gasteiger partial charge is 0.320 e. The number of carboxylic acid groups (broad SMARTS) is 1. The van der Waals surface area contributed by atoms with Gasteiger partial charge in [0.15, 0.2) is 0 Å². The number of nitrogens with two attached hydrogens (primary N) is 1. The summed E-state index contributed by atoms with van der Waals surface area (Å²) in [5.41, 5.74) is 5.37. The molecule has 0 aliphatic rings. The fraction of sp³-hybridized carbons (Fsp3) is 0.667. The molecule has 0 aromatic heterocycles. The van der Waals surface area contributed by atoms with Crippen LogP contribution < -0.4 is 5.73 Å². The van der Waals surface area contributed by atoms with E-state index in [1.165, 1.54) is 0 Å². The van der Waals surface area contributed by atoms with Crippen molar-refractivity contribution in [3.63, 3.8) is 0 Å². The zero-order valence-electron chi connectivity index (χ0n) is 7.66. The van der Waals surface area contributed by atoms with E-state index < -0.39 is 12.0 Å². The molecule has 0 aliphatic carbocycles. The van der Waals surface area contributed by atoms with Crippen LogP contribution in [0.2, 0.25) is 0 Å². The minimum absolute atomic E-state index is 0.340. The maximum Gasteiger partial charge on any atom is 0.320 e. The summed E-state index contributed by atoms with van der Waals surface area (Å²) in [7, 11) is 0. The van der Waals surface area contributed by atoms with Gasteiger partial charge in [-0.15, -0.1) is 0 Å². The van der Waals surface area contributed by atoms with Gasteiger partial charge in [0.1, 0.15) is 6.04 Å². The number of rotatable bonds is 5. The molecule has 0 aromatic rings. The van der Waals surface area contributed by atoms with E-state index in [0.717, 1.165) is 6.42 Å². The molecule has 0 fully saturated rings. The molecule has 2 atom stereocenters. The number of carbonyl (C=O) groups is 1. The monoisotopic (exact) mass is 171 g/mol. The molecule has 70 valence electrons. The Labute approximate surface area is 73.3 Å². The summed E-state index contributed by atoms with van der Waals surface area (Å²) >= 11 is 0. The molecular formula is C9H17NO2. The summed E-state index contributed by atoms with van der Waals surface area (Å²) in [4.78, 5) is 10.4. The summed E-state index contributed by atoms with van der Waals surface area (Å²) in [6.45, 7) is 3.95. The SMILES string of the molecule is C/C=C/CC(C)CC(N)C(=O)O. The van der Waals surface area contributed by atoms with Crippen molar-refractivity contribution >= 4 is 5.97 Å². The highest BCUT2D eigenvalue weighted by molar-refractivity contribution is 5.72. The first-order chi connectivity index (χ1) is 5.57. The molecule has 0 rings (SSSR count). The number of carboxylic acids is 1. The summed E-state index contributed by atoms with van der Waals surface area (Å²) in [6, 6.07) is -0.717. The predicted molar refractivity (Wildman–Crippen MR) is 48.8 cm³/mol. The highest BCUT2D eigenvalue weighted by Crippen LogP contribution is 2.10. The minimum Gasteiger partial charge on any atom is -0.480 e. The van der Waals surface area contributed by atoms with Crippen molar-refractivity contribution in [2.24, 2.45) is 11.7 Å². The van der Waals surface area contributed by atoms with Gasteiger partial charge < -0.3 is 10.8 Å². The normalized spacial score (nSPS) is 16.2. The van der Waals surface area contributed by atoms with Crippen molar-refractivity contribution in [3.05, 3.63) is 12.2 Å². The number of aliphatic carboxylic acids is 1. The second-order valence-corrected chi connectivity index (χ2v) is 3.09. The van der Waals surface area contributed by atoms with Gasteiger partial charge in [-0.25, -0.2) is 0 Å². The van der Waals surface area contributed by atoms with Crippen LogP contribution in [-0.2, 0) is 4.79 Å². The van der Waals surface area contributed by atoms with Crippen LogP contribution in [0.5, 0.6) is 0 Å². The van der Waals surface area contributed by atoms with Crippen molar-refractivity contribution < 1.29 is 9.90 Å². The topological polar surface area (TPSA) is 63.3 Å². The Morgan fingerprint density at radius 2 is 2.25 bits per heavy atom. The largest absolute Gasteiger partial charge is 0.480 e. The standard InChI is InChI=1S/C9H17NO2/c1-3-4-5-7(2)6-8(10)9(11)12/h3-4,7-8H,5-6,10H2,1-2H3,(H,11,12)/b4-3+. The van der Waals surface area contributed by atoms with Crippen LogP contribution in [0.4, 0.5) is 0 Å². The molecule has 0 heterocycles. The Morgan fingerprint density at radius 1 is 1.67 bits per heavy atom. The van der Waals surface area contributed by atoms with Crippen LogP contribution in [0.3, 0.4) is 0 Å². The highest BCUT2D eigenvalue weighted by atomic mass is 16.4. The third-order valence-electron chi connectivity index (χ3n) is 1.75. The zero-order valence-corrected chi connectivity index (χ0v) is 7.66. The van der Waals surface area contributed by atoms with E-state index in [2.05, 4.69) is 0 Å². The van der Waals surface area contributed by atoms with Crippen molar-refractivity contribution in [2.45, 2.75) is 32.7 Å². The fourth-order valence-electron chi connectivity index (χ4n) is 0.999. The molecule has 3 nitrogen and oxygen atoms in total. The highest BCUT2D eigenvalue weighted by Gasteiger charge is 2.14. The minimum atomic E-state index is -0.915. The van der Waals surface area contributed by atoms with Crippen molar-refractivity contribution in [1.29, 1.82) is 0 Å². The molecule has 0 saturated carbocycles. The molecule has 2 unspecified atom stereocenters. The molecule has 0 spiro atoms. The molecular weight excluding hydrogens is 154 g/mol. The van der Waals surface area contributed by atoms with Crippen LogP contribution in [-0.4, -0.2) is 17.1 Å². The van der Waals surface area contributed by atoms with E-state index in [9.17, 15) is 4.79 Å². The van der Waals surface area contributed by atoms with Crippen LogP contribution >= 0.6 is 0 Å². The van der Waals surface area contributed by atoms with Gasteiger partial charge in [-0.05, 0) is 25.7 Å². The third kappa shape index (κ3) is 4.91. The molecule has 0 aromatic carbocycles. The van der Waals surface area contributed by atoms with Gasteiger partial charge in [-0.3, -0.25) is 4.79 Å². The zero-order chi connectivity index (χ0) is 9.56. The molecule has 0 bridgehead atoms. The average molecular weight is 171 g/mol. The first-order valence-electron chi connectivity index (χ1n) is 4.17. The predicted octanol–water partition coefficient (Wildman–Crippen LogP) is 1.39. The Bertz CT molecular complexity index is 166. The van der Waals surface area contributed by atoms with Crippen molar-refractivity contribution in [1.82, 2.24) is 0 Å². The first-order valence-corrected chi connectivity index (χ1v) is 4.17. The summed E-state index contributed by atoms with van der Waals surface area (Å²) in [6.07, 6.45) is 5.43. The molecule has 12 heavy (non-hydrogen) atoms. The Hall–Kier alpha value is -0.830. The van der Waals surface area contributed by atoms with Crippen molar-refractivity contribution in [3.8, 4) is 0 Å².